The largest absolute Gasteiger partial charge is 0.305 e. The van der Waals surface area contributed by atoms with Crippen LogP contribution < -0.4 is 0 Å². The van der Waals surface area contributed by atoms with Crippen molar-refractivity contribution in [2.24, 2.45) is 0 Å². The van der Waals surface area contributed by atoms with Crippen LogP contribution in [0.3, 0.4) is 0 Å². The van der Waals surface area contributed by atoms with Crippen LogP contribution >= 0.6 is 15.9 Å². The molecule has 1 saturated heterocycles. The van der Waals surface area contributed by atoms with Gasteiger partial charge in [-0.2, -0.15) is 4.31 Å². The molecule has 0 aliphatic carbocycles. The van der Waals surface area contributed by atoms with E-state index in [-0.39, 0.29) is 10.9 Å². The smallest absolute Gasteiger partial charge is 0.246 e. The second kappa shape index (κ2) is 6.73. The second-order valence-corrected chi connectivity index (χ2v) is 8.14. The standard InChI is InChI=1S/C14H20BrFN2O2S/c1-3-12-10-17(2)7-4-8-18(12)21(19,20)14-6-5-11(15)9-13(14)16/h5-6,9,12H,3-4,7-8,10H2,1-2H3. The van der Waals surface area contributed by atoms with Gasteiger partial charge >= 0.3 is 0 Å². The number of benzene rings is 1. The van der Waals surface area contributed by atoms with Crippen molar-refractivity contribution in [3.8, 4) is 0 Å². The molecule has 0 saturated carbocycles. The number of rotatable bonds is 3. The Hall–Kier alpha value is -0.500. The highest BCUT2D eigenvalue weighted by Gasteiger charge is 2.34. The van der Waals surface area contributed by atoms with E-state index < -0.39 is 15.8 Å². The van der Waals surface area contributed by atoms with Crippen molar-refractivity contribution in [2.45, 2.75) is 30.7 Å². The van der Waals surface area contributed by atoms with E-state index in [9.17, 15) is 12.8 Å². The van der Waals surface area contributed by atoms with Gasteiger partial charge in [-0.05, 0) is 44.6 Å². The average Bonchev–Trinajstić information content (AvgIpc) is 2.59. The molecule has 21 heavy (non-hydrogen) atoms. The molecule has 0 spiro atoms. The maximum absolute atomic E-state index is 14.1. The molecular formula is C14H20BrFN2O2S. The third kappa shape index (κ3) is 3.64. The maximum Gasteiger partial charge on any atom is 0.246 e. The van der Waals surface area contributed by atoms with Gasteiger partial charge in [-0.25, -0.2) is 12.8 Å². The molecule has 0 N–H and O–H groups in total. The molecule has 1 aromatic rings. The van der Waals surface area contributed by atoms with E-state index >= 15 is 0 Å². The minimum atomic E-state index is -3.81. The van der Waals surface area contributed by atoms with Crippen LogP contribution in [0.1, 0.15) is 19.8 Å². The molecule has 1 atom stereocenters. The summed E-state index contributed by atoms with van der Waals surface area (Å²) >= 11 is 3.15. The van der Waals surface area contributed by atoms with Crippen molar-refractivity contribution in [3.63, 3.8) is 0 Å². The average molecular weight is 379 g/mol. The zero-order chi connectivity index (χ0) is 15.6. The molecule has 0 radical (unpaired) electrons. The van der Waals surface area contributed by atoms with E-state index in [1.165, 1.54) is 16.4 Å². The predicted octanol–water partition coefficient (Wildman–Crippen LogP) is 2.69. The Labute approximate surface area is 134 Å². The zero-order valence-corrected chi connectivity index (χ0v) is 14.6. The van der Waals surface area contributed by atoms with Crippen LogP contribution in [0.25, 0.3) is 0 Å². The summed E-state index contributed by atoms with van der Waals surface area (Å²) in [5.41, 5.74) is 0. The van der Waals surface area contributed by atoms with E-state index in [4.69, 9.17) is 0 Å². The van der Waals surface area contributed by atoms with Crippen LogP contribution in [-0.2, 0) is 10.0 Å². The van der Waals surface area contributed by atoms with Crippen LogP contribution in [0.4, 0.5) is 4.39 Å². The minimum Gasteiger partial charge on any atom is -0.305 e. The van der Waals surface area contributed by atoms with Gasteiger partial charge in [0.15, 0.2) is 0 Å². The first-order valence-corrected chi connectivity index (χ1v) is 9.25. The molecule has 0 amide bonds. The fourth-order valence-electron chi connectivity index (χ4n) is 2.68. The highest BCUT2D eigenvalue weighted by Crippen LogP contribution is 2.26. The normalized spacial score (nSPS) is 22.2. The van der Waals surface area contributed by atoms with Crippen molar-refractivity contribution in [3.05, 3.63) is 28.5 Å². The van der Waals surface area contributed by atoms with E-state index in [0.29, 0.717) is 24.0 Å². The lowest BCUT2D eigenvalue weighted by Gasteiger charge is -2.29. The third-order valence-electron chi connectivity index (χ3n) is 3.80. The molecule has 118 valence electrons. The summed E-state index contributed by atoms with van der Waals surface area (Å²) in [5, 5.41) is 0. The fraction of sp³-hybridized carbons (Fsp3) is 0.571. The summed E-state index contributed by atoms with van der Waals surface area (Å²) in [6.45, 7) is 3.92. The molecule has 1 fully saturated rings. The van der Waals surface area contributed by atoms with Crippen LogP contribution in [0.2, 0.25) is 0 Å². The molecule has 0 aromatic heterocycles. The van der Waals surface area contributed by atoms with Gasteiger partial charge in [-0.15, -0.1) is 0 Å². The van der Waals surface area contributed by atoms with Crippen molar-refractivity contribution >= 4 is 26.0 Å². The Balaban J connectivity index is 2.41. The summed E-state index contributed by atoms with van der Waals surface area (Å²) in [6.07, 6.45) is 1.46. The molecule has 1 aliphatic rings. The summed E-state index contributed by atoms with van der Waals surface area (Å²) in [4.78, 5) is 1.88. The van der Waals surface area contributed by atoms with Crippen molar-refractivity contribution in [1.82, 2.24) is 9.21 Å². The van der Waals surface area contributed by atoms with Crippen LogP contribution in [0.5, 0.6) is 0 Å². The number of hydrogen-bond donors (Lipinski definition) is 0. The number of likely N-dealkylation sites (N-methyl/N-ethyl adjacent to an activating group) is 1. The summed E-state index contributed by atoms with van der Waals surface area (Å²) < 4.78 is 41.7. The van der Waals surface area contributed by atoms with Gasteiger partial charge in [-0.3, -0.25) is 0 Å². The molecule has 7 heteroatoms. The number of hydrogen-bond acceptors (Lipinski definition) is 3. The first kappa shape index (κ1) is 16.9. The quantitative estimate of drug-likeness (QED) is 0.811. The first-order chi connectivity index (χ1) is 9.86. The van der Waals surface area contributed by atoms with Gasteiger partial charge in [-0.1, -0.05) is 22.9 Å². The number of sulfonamides is 1. The third-order valence-corrected chi connectivity index (χ3v) is 6.28. The lowest BCUT2D eigenvalue weighted by atomic mass is 10.2. The highest BCUT2D eigenvalue weighted by atomic mass is 79.9. The molecule has 0 bridgehead atoms. The van der Waals surface area contributed by atoms with Crippen molar-refractivity contribution in [2.75, 3.05) is 26.7 Å². The second-order valence-electron chi connectivity index (χ2n) is 5.37. The Bertz CT molecular complexity index is 609. The van der Waals surface area contributed by atoms with Crippen LogP contribution in [0.15, 0.2) is 27.6 Å². The van der Waals surface area contributed by atoms with Crippen LogP contribution in [-0.4, -0.2) is 50.3 Å². The number of nitrogens with zero attached hydrogens (tertiary/aromatic N) is 2. The monoisotopic (exact) mass is 378 g/mol. The Morgan fingerprint density at radius 3 is 2.71 bits per heavy atom. The zero-order valence-electron chi connectivity index (χ0n) is 12.2. The van der Waals surface area contributed by atoms with Gasteiger partial charge in [0.05, 0.1) is 0 Å². The molecular weight excluding hydrogens is 359 g/mol. The molecule has 4 nitrogen and oxygen atoms in total. The lowest BCUT2D eigenvalue weighted by Crippen LogP contribution is -2.43. The molecule has 1 aromatic carbocycles. The number of halogens is 2. The van der Waals surface area contributed by atoms with Crippen LogP contribution in [0, 0.1) is 5.82 Å². The van der Waals surface area contributed by atoms with Gasteiger partial charge in [0.1, 0.15) is 10.7 Å². The molecule has 2 rings (SSSR count). The summed E-state index contributed by atoms with van der Waals surface area (Å²) in [5.74, 6) is -0.711. The molecule has 1 unspecified atom stereocenters. The molecule has 1 aliphatic heterocycles. The lowest BCUT2D eigenvalue weighted by molar-refractivity contribution is 0.270. The summed E-state index contributed by atoms with van der Waals surface area (Å²) in [6, 6.07) is 3.96. The SMILES string of the molecule is CCC1CN(C)CCCN1S(=O)(=O)c1ccc(Br)cc1F. The maximum atomic E-state index is 14.1. The topological polar surface area (TPSA) is 40.6 Å². The van der Waals surface area contributed by atoms with Gasteiger partial charge in [0, 0.05) is 23.6 Å². The highest BCUT2D eigenvalue weighted by molar-refractivity contribution is 9.10. The van der Waals surface area contributed by atoms with Crippen molar-refractivity contribution in [1.29, 1.82) is 0 Å². The predicted molar refractivity (Wildman–Crippen MR) is 84.2 cm³/mol. The first-order valence-electron chi connectivity index (χ1n) is 7.01. The Morgan fingerprint density at radius 2 is 2.10 bits per heavy atom. The van der Waals surface area contributed by atoms with Gasteiger partial charge < -0.3 is 4.90 Å². The van der Waals surface area contributed by atoms with Gasteiger partial charge in [0.2, 0.25) is 10.0 Å². The van der Waals surface area contributed by atoms with E-state index in [1.54, 1.807) is 6.07 Å². The summed E-state index contributed by atoms with van der Waals surface area (Å²) in [7, 11) is -1.82. The molecule has 1 heterocycles. The van der Waals surface area contributed by atoms with E-state index in [2.05, 4.69) is 20.8 Å². The Kier molecular flexibility index (Phi) is 5.40. The van der Waals surface area contributed by atoms with E-state index in [0.717, 1.165) is 13.0 Å². The fourth-order valence-corrected chi connectivity index (χ4v) is 4.79. The van der Waals surface area contributed by atoms with Crippen molar-refractivity contribution < 1.29 is 12.8 Å². The Morgan fingerprint density at radius 1 is 1.38 bits per heavy atom. The van der Waals surface area contributed by atoms with Gasteiger partial charge in [0.25, 0.3) is 0 Å². The van der Waals surface area contributed by atoms with E-state index in [1.807, 2.05) is 14.0 Å². The minimum absolute atomic E-state index is 0.120.